The molecule has 0 bridgehead atoms. The van der Waals surface area contributed by atoms with Gasteiger partial charge in [0.15, 0.2) is 0 Å². The lowest BCUT2D eigenvalue weighted by Crippen LogP contribution is -1.95. The molecular weight excluding hydrogens is 609 g/mol. The number of nitrogens with zero attached hydrogens (tertiary/aromatic N) is 4. The molecule has 0 unspecified atom stereocenters. The van der Waals surface area contributed by atoms with Crippen molar-refractivity contribution >= 4 is 21.8 Å². The zero-order chi connectivity index (χ0) is 33.0. The lowest BCUT2D eigenvalue weighted by Gasteiger charge is -2.14. The zero-order valence-corrected chi connectivity index (χ0v) is 27.2. The molecule has 9 aromatic rings. The Balaban J connectivity index is 1.14. The first-order valence-corrected chi connectivity index (χ1v) is 17.0. The molecule has 0 N–H and O–H groups in total. The Morgan fingerprint density at radius 3 is 1.70 bits per heavy atom. The Bertz CT molecular complexity index is 2710. The molecule has 4 heterocycles. The van der Waals surface area contributed by atoms with Crippen LogP contribution in [-0.4, -0.2) is 19.5 Å². The second-order valence-electron chi connectivity index (χ2n) is 12.8. The molecule has 0 radical (unpaired) electrons. The van der Waals surface area contributed by atoms with Crippen molar-refractivity contribution in [2.45, 2.75) is 6.42 Å². The second kappa shape index (κ2) is 11.5. The number of aromatic nitrogens is 4. The van der Waals surface area contributed by atoms with Crippen LogP contribution in [0.3, 0.4) is 0 Å². The molecule has 0 aliphatic heterocycles. The highest BCUT2D eigenvalue weighted by molar-refractivity contribution is 6.11. The highest BCUT2D eigenvalue weighted by atomic mass is 15.0. The molecule has 50 heavy (non-hydrogen) atoms. The minimum absolute atomic E-state index is 0.888. The van der Waals surface area contributed by atoms with Crippen molar-refractivity contribution in [1.82, 2.24) is 19.5 Å². The van der Waals surface area contributed by atoms with E-state index in [0.29, 0.717) is 0 Å². The van der Waals surface area contributed by atoms with Gasteiger partial charge in [-0.15, -0.1) is 0 Å². The molecule has 0 spiro atoms. The highest BCUT2D eigenvalue weighted by Crippen LogP contribution is 2.45. The third-order valence-electron chi connectivity index (χ3n) is 10.00. The molecule has 0 atom stereocenters. The summed E-state index contributed by atoms with van der Waals surface area (Å²) < 4.78 is 2.42. The summed E-state index contributed by atoms with van der Waals surface area (Å²) in [6, 6.07) is 54.1. The summed E-state index contributed by atoms with van der Waals surface area (Å²) in [5.41, 5.74) is 17.3. The van der Waals surface area contributed by atoms with Crippen LogP contribution in [0.15, 0.2) is 170 Å². The van der Waals surface area contributed by atoms with Crippen LogP contribution in [0.5, 0.6) is 0 Å². The molecule has 4 nitrogen and oxygen atoms in total. The Morgan fingerprint density at radius 1 is 0.380 bits per heavy atom. The molecule has 4 heteroatoms. The van der Waals surface area contributed by atoms with Crippen LogP contribution in [0, 0.1) is 0 Å². The predicted octanol–water partition coefficient (Wildman–Crippen LogP) is 11.2. The van der Waals surface area contributed by atoms with E-state index in [9.17, 15) is 0 Å². The van der Waals surface area contributed by atoms with Gasteiger partial charge in [-0.1, -0.05) is 72.8 Å². The number of para-hydroxylation sites is 1. The van der Waals surface area contributed by atoms with Gasteiger partial charge in [0.1, 0.15) is 0 Å². The largest absolute Gasteiger partial charge is 0.309 e. The fraction of sp³-hybridized carbons (Fsp3) is 0.0217. The number of pyridine rings is 3. The SMILES string of the molecule is c1ccc(-c2ccccc2-c2ccc3c(c2)c2ccccc2n3-c2ccc3c(c2)-c2cc(-c4ccccn4)c(-c4ccccn4)cc2C3)nc1. The summed E-state index contributed by atoms with van der Waals surface area (Å²) in [7, 11) is 0. The molecule has 1 aliphatic rings. The first kappa shape index (κ1) is 28.4. The van der Waals surface area contributed by atoms with Crippen molar-refractivity contribution in [2.75, 3.05) is 0 Å². The van der Waals surface area contributed by atoms with Crippen molar-refractivity contribution in [3.05, 3.63) is 181 Å². The van der Waals surface area contributed by atoms with Gasteiger partial charge in [0, 0.05) is 51.7 Å². The van der Waals surface area contributed by atoms with Crippen molar-refractivity contribution in [3.8, 4) is 61.7 Å². The predicted molar refractivity (Wildman–Crippen MR) is 204 cm³/mol. The van der Waals surface area contributed by atoms with Gasteiger partial charge in [-0.2, -0.15) is 0 Å². The first-order valence-electron chi connectivity index (χ1n) is 17.0. The number of rotatable bonds is 5. The van der Waals surface area contributed by atoms with Crippen LogP contribution in [0.25, 0.3) is 83.5 Å². The lowest BCUT2D eigenvalue weighted by atomic mass is 9.94. The highest BCUT2D eigenvalue weighted by Gasteiger charge is 2.24. The van der Waals surface area contributed by atoms with Crippen LogP contribution in [0.2, 0.25) is 0 Å². The Morgan fingerprint density at radius 2 is 0.980 bits per heavy atom. The molecule has 0 saturated heterocycles. The van der Waals surface area contributed by atoms with Crippen LogP contribution in [0.4, 0.5) is 0 Å². The van der Waals surface area contributed by atoms with Crippen molar-refractivity contribution in [3.63, 3.8) is 0 Å². The second-order valence-corrected chi connectivity index (χ2v) is 12.8. The van der Waals surface area contributed by atoms with Crippen molar-refractivity contribution in [2.24, 2.45) is 0 Å². The van der Waals surface area contributed by atoms with Crippen molar-refractivity contribution in [1.29, 1.82) is 0 Å². The van der Waals surface area contributed by atoms with Gasteiger partial charge in [-0.05, 0) is 119 Å². The summed E-state index contributed by atoms with van der Waals surface area (Å²) in [6.45, 7) is 0. The van der Waals surface area contributed by atoms with E-state index < -0.39 is 0 Å². The molecule has 0 amide bonds. The standard InChI is InChI=1S/C46H30N4/c1-2-12-35(42-14-5-8-22-47-42)34(11-1)31-19-21-46-41(26-31)36-13-3-4-17-45(36)50(46)33-20-18-30-25-32-27-39(43-15-6-9-23-48-43)40(29-38(32)37(30)28-33)44-16-7-10-24-49-44/h1-24,26-29H,25H2. The normalized spacial score (nSPS) is 11.9. The van der Waals surface area contributed by atoms with E-state index in [1.165, 1.54) is 55.2 Å². The maximum absolute atomic E-state index is 4.76. The minimum Gasteiger partial charge on any atom is -0.309 e. The molecule has 1 aliphatic carbocycles. The smallest absolute Gasteiger partial charge is 0.0708 e. The van der Waals surface area contributed by atoms with Crippen LogP contribution in [0.1, 0.15) is 11.1 Å². The Labute approximate surface area is 290 Å². The number of hydrogen-bond acceptors (Lipinski definition) is 3. The molecular formula is C46H30N4. The van der Waals surface area contributed by atoms with Gasteiger partial charge in [0.05, 0.1) is 28.1 Å². The molecule has 4 aromatic heterocycles. The molecule has 0 fully saturated rings. The van der Waals surface area contributed by atoms with E-state index in [-0.39, 0.29) is 0 Å². The van der Waals surface area contributed by atoms with Crippen molar-refractivity contribution < 1.29 is 0 Å². The zero-order valence-electron chi connectivity index (χ0n) is 27.2. The Kier molecular flexibility index (Phi) is 6.53. The summed E-state index contributed by atoms with van der Waals surface area (Å²) in [5, 5.41) is 2.46. The first-order chi connectivity index (χ1) is 24.8. The fourth-order valence-corrected chi connectivity index (χ4v) is 7.72. The van der Waals surface area contributed by atoms with Crippen LogP contribution in [-0.2, 0) is 6.42 Å². The summed E-state index contributed by atoms with van der Waals surface area (Å²) in [4.78, 5) is 14.2. The van der Waals surface area contributed by atoms with Gasteiger partial charge in [0.25, 0.3) is 0 Å². The molecule has 0 saturated carbocycles. The van der Waals surface area contributed by atoms with E-state index in [1.807, 2.05) is 48.9 Å². The number of benzene rings is 5. The third-order valence-corrected chi connectivity index (χ3v) is 10.00. The topological polar surface area (TPSA) is 43.6 Å². The third kappa shape index (κ3) is 4.57. The number of fused-ring (bicyclic) bond motifs is 6. The van der Waals surface area contributed by atoms with Gasteiger partial charge in [-0.25, -0.2) is 0 Å². The minimum atomic E-state index is 0.888. The van der Waals surface area contributed by atoms with Crippen LogP contribution >= 0.6 is 0 Å². The maximum Gasteiger partial charge on any atom is 0.0708 e. The quantitative estimate of drug-likeness (QED) is 0.188. The monoisotopic (exact) mass is 638 g/mol. The maximum atomic E-state index is 4.76. The van der Waals surface area contributed by atoms with Gasteiger partial charge in [0.2, 0.25) is 0 Å². The van der Waals surface area contributed by atoms with Gasteiger partial charge in [-0.3, -0.25) is 15.0 Å². The lowest BCUT2D eigenvalue weighted by molar-refractivity contribution is 1.17. The summed E-state index contributed by atoms with van der Waals surface area (Å²) in [5.74, 6) is 0. The van der Waals surface area contributed by atoms with E-state index in [1.54, 1.807) is 0 Å². The van der Waals surface area contributed by atoms with E-state index >= 15 is 0 Å². The van der Waals surface area contributed by atoms with E-state index in [0.717, 1.165) is 45.9 Å². The molecule has 10 rings (SSSR count). The summed E-state index contributed by atoms with van der Waals surface area (Å²) in [6.07, 6.45) is 6.47. The van der Waals surface area contributed by atoms with E-state index in [2.05, 4.69) is 131 Å². The molecule has 5 aromatic carbocycles. The van der Waals surface area contributed by atoms with Crippen LogP contribution < -0.4 is 0 Å². The van der Waals surface area contributed by atoms with Gasteiger partial charge >= 0.3 is 0 Å². The molecule has 234 valence electrons. The average molecular weight is 639 g/mol. The number of hydrogen-bond donors (Lipinski definition) is 0. The average Bonchev–Trinajstić information content (AvgIpc) is 3.72. The summed E-state index contributed by atoms with van der Waals surface area (Å²) >= 11 is 0. The Hall–Kier alpha value is -6.65. The van der Waals surface area contributed by atoms with E-state index in [4.69, 9.17) is 9.97 Å². The fourth-order valence-electron chi connectivity index (χ4n) is 7.72. The van der Waals surface area contributed by atoms with Gasteiger partial charge < -0.3 is 4.57 Å².